The average molecular weight is 404 g/mol. The summed E-state index contributed by atoms with van der Waals surface area (Å²) in [6.07, 6.45) is 3.55. The van der Waals surface area contributed by atoms with Gasteiger partial charge in [-0.3, -0.25) is 14.6 Å². The van der Waals surface area contributed by atoms with Crippen molar-refractivity contribution in [3.8, 4) is 0 Å². The molecule has 2 aromatic rings. The Morgan fingerprint density at radius 3 is 2.61 bits per heavy atom. The van der Waals surface area contributed by atoms with Gasteiger partial charge in [-0.05, 0) is 24.6 Å². The lowest BCUT2D eigenvalue weighted by atomic mass is 10.1. The van der Waals surface area contributed by atoms with E-state index in [1.165, 1.54) is 0 Å². The highest BCUT2D eigenvalue weighted by molar-refractivity contribution is 7.88. The summed E-state index contributed by atoms with van der Waals surface area (Å²) >= 11 is 0. The lowest BCUT2D eigenvalue weighted by Gasteiger charge is -2.22. The summed E-state index contributed by atoms with van der Waals surface area (Å²) in [5, 5.41) is 0.819. The molecule has 0 bridgehead atoms. The van der Waals surface area contributed by atoms with Crippen molar-refractivity contribution < 1.29 is 18.0 Å². The highest BCUT2D eigenvalue weighted by atomic mass is 32.2. The molecule has 1 aliphatic rings. The van der Waals surface area contributed by atoms with Crippen LogP contribution in [-0.4, -0.2) is 74.0 Å². The number of nitrogens with one attached hydrogen (secondary N) is 1. The highest BCUT2D eigenvalue weighted by Crippen LogP contribution is 2.19. The first kappa shape index (κ1) is 20.2. The van der Waals surface area contributed by atoms with Crippen LogP contribution in [0.2, 0.25) is 0 Å². The van der Waals surface area contributed by atoms with Crippen molar-refractivity contribution in [2.75, 3.05) is 39.0 Å². The monoisotopic (exact) mass is 404 g/mol. The van der Waals surface area contributed by atoms with Gasteiger partial charge in [0.05, 0.1) is 11.8 Å². The Bertz CT molecular complexity index is 972. The molecule has 3 rings (SSSR count). The second-order valence-electron chi connectivity index (χ2n) is 6.82. The molecule has 28 heavy (non-hydrogen) atoms. The molecule has 0 atom stereocenters. The van der Waals surface area contributed by atoms with Gasteiger partial charge in [0.25, 0.3) is 5.91 Å². The Hall–Kier alpha value is -2.52. The van der Waals surface area contributed by atoms with Gasteiger partial charge >= 0.3 is 0 Å². The van der Waals surface area contributed by atoms with Gasteiger partial charge in [-0.15, -0.1) is 0 Å². The molecule has 8 nitrogen and oxygen atoms in total. The van der Waals surface area contributed by atoms with E-state index in [0.717, 1.165) is 17.2 Å². The second kappa shape index (κ2) is 8.66. The Morgan fingerprint density at radius 1 is 1.07 bits per heavy atom. The maximum absolute atomic E-state index is 13.0. The van der Waals surface area contributed by atoms with Crippen molar-refractivity contribution >= 4 is 32.7 Å². The summed E-state index contributed by atoms with van der Waals surface area (Å²) in [5.74, 6) is -0.175. The van der Waals surface area contributed by atoms with E-state index in [1.807, 2.05) is 24.3 Å². The molecule has 150 valence electrons. The predicted molar refractivity (Wildman–Crippen MR) is 106 cm³/mol. The molecule has 1 aromatic carbocycles. The summed E-state index contributed by atoms with van der Waals surface area (Å²) in [6, 6.07) is 9.20. The number of nitrogens with zero attached hydrogens (tertiary/aromatic N) is 3. The van der Waals surface area contributed by atoms with Gasteiger partial charge in [0, 0.05) is 56.3 Å². The summed E-state index contributed by atoms with van der Waals surface area (Å²) in [4.78, 5) is 33.1. The zero-order valence-electron chi connectivity index (χ0n) is 15.8. The largest absolute Gasteiger partial charge is 0.341 e. The minimum absolute atomic E-state index is 0.0633. The zero-order chi connectivity index (χ0) is 20.1. The first-order chi connectivity index (χ1) is 13.3. The lowest BCUT2D eigenvalue weighted by molar-refractivity contribution is -0.130. The zero-order valence-corrected chi connectivity index (χ0v) is 16.6. The fourth-order valence-corrected chi connectivity index (χ4v) is 3.80. The van der Waals surface area contributed by atoms with Crippen molar-refractivity contribution in [3.05, 3.63) is 42.1 Å². The minimum Gasteiger partial charge on any atom is -0.341 e. The summed E-state index contributed by atoms with van der Waals surface area (Å²) < 4.78 is 24.5. The van der Waals surface area contributed by atoms with E-state index in [9.17, 15) is 18.0 Å². The number of aromatic nitrogens is 1. The molecule has 1 fully saturated rings. The number of sulfonamides is 1. The van der Waals surface area contributed by atoms with E-state index in [1.54, 1.807) is 22.1 Å². The van der Waals surface area contributed by atoms with E-state index in [2.05, 4.69) is 9.71 Å². The van der Waals surface area contributed by atoms with Crippen LogP contribution in [0.3, 0.4) is 0 Å². The number of amides is 2. The van der Waals surface area contributed by atoms with Crippen LogP contribution in [0.25, 0.3) is 10.9 Å². The maximum Gasteiger partial charge on any atom is 0.254 e. The summed E-state index contributed by atoms with van der Waals surface area (Å²) in [5.41, 5.74) is 1.39. The van der Waals surface area contributed by atoms with Crippen molar-refractivity contribution in [1.82, 2.24) is 19.5 Å². The van der Waals surface area contributed by atoms with E-state index >= 15 is 0 Å². The second-order valence-corrected chi connectivity index (χ2v) is 8.65. The molecule has 1 aliphatic heterocycles. The Labute approximate surface area is 164 Å². The molecule has 0 spiro atoms. The number of carbonyl (C=O) groups excluding carboxylic acids is 2. The lowest BCUT2D eigenvalue weighted by Crippen LogP contribution is -2.38. The van der Waals surface area contributed by atoms with E-state index in [-0.39, 0.29) is 24.8 Å². The molecule has 9 heteroatoms. The normalized spacial score (nSPS) is 15.5. The van der Waals surface area contributed by atoms with Crippen LogP contribution in [0, 0.1) is 0 Å². The van der Waals surface area contributed by atoms with Crippen LogP contribution < -0.4 is 4.72 Å². The van der Waals surface area contributed by atoms with Crippen LogP contribution >= 0.6 is 0 Å². The van der Waals surface area contributed by atoms with E-state index < -0.39 is 10.0 Å². The molecule has 0 radical (unpaired) electrons. The molecule has 1 N–H and O–H groups in total. The van der Waals surface area contributed by atoms with Gasteiger partial charge in [0.1, 0.15) is 0 Å². The van der Waals surface area contributed by atoms with Crippen LogP contribution in [0.5, 0.6) is 0 Å². The molecule has 0 saturated carbocycles. The third kappa shape index (κ3) is 5.05. The van der Waals surface area contributed by atoms with Crippen molar-refractivity contribution in [2.24, 2.45) is 0 Å². The number of hydrogen-bond acceptors (Lipinski definition) is 5. The Morgan fingerprint density at radius 2 is 1.82 bits per heavy atom. The van der Waals surface area contributed by atoms with Crippen molar-refractivity contribution in [3.63, 3.8) is 0 Å². The van der Waals surface area contributed by atoms with E-state index in [4.69, 9.17) is 0 Å². The smallest absolute Gasteiger partial charge is 0.254 e. The Balaban J connectivity index is 1.63. The third-order valence-electron chi connectivity index (χ3n) is 4.72. The topological polar surface area (TPSA) is 99.7 Å². The maximum atomic E-state index is 13.0. The van der Waals surface area contributed by atoms with Crippen LogP contribution in [0.4, 0.5) is 0 Å². The van der Waals surface area contributed by atoms with E-state index in [0.29, 0.717) is 38.2 Å². The Kier molecular flexibility index (Phi) is 6.25. The predicted octanol–water partition coefficient (Wildman–Crippen LogP) is 0.849. The molecule has 1 aromatic heterocycles. The molecular formula is C19H24N4O4S. The third-order valence-corrected chi connectivity index (χ3v) is 5.44. The van der Waals surface area contributed by atoms with Crippen LogP contribution in [0.15, 0.2) is 36.5 Å². The average Bonchev–Trinajstić information content (AvgIpc) is 2.92. The molecule has 2 heterocycles. The standard InChI is InChI=1S/C19H24N4O4S/c1-28(26,27)21-10-8-18(24)22-11-4-12-23(14-13-22)19(25)16-5-2-7-17-15(16)6-3-9-20-17/h2-3,5-7,9,21H,4,8,10-14H2,1H3. The molecule has 1 saturated heterocycles. The molecule has 0 unspecified atom stereocenters. The van der Waals surface area contributed by atoms with Crippen LogP contribution in [-0.2, 0) is 14.8 Å². The molecule has 0 aliphatic carbocycles. The summed E-state index contributed by atoms with van der Waals surface area (Å²) in [7, 11) is -3.31. The summed E-state index contributed by atoms with van der Waals surface area (Å²) in [6.45, 7) is 2.09. The number of benzene rings is 1. The quantitative estimate of drug-likeness (QED) is 0.796. The minimum atomic E-state index is -3.31. The molecular weight excluding hydrogens is 380 g/mol. The first-order valence-corrected chi connectivity index (χ1v) is 11.1. The number of fused-ring (bicyclic) bond motifs is 1. The number of rotatable bonds is 5. The SMILES string of the molecule is CS(=O)(=O)NCCC(=O)N1CCCN(C(=O)c2cccc3ncccc23)CC1. The van der Waals surface area contributed by atoms with Crippen molar-refractivity contribution in [2.45, 2.75) is 12.8 Å². The van der Waals surface area contributed by atoms with Gasteiger partial charge in [-0.2, -0.15) is 0 Å². The number of pyridine rings is 1. The number of hydrogen-bond donors (Lipinski definition) is 1. The highest BCUT2D eigenvalue weighted by Gasteiger charge is 2.23. The number of carbonyl (C=O) groups is 2. The van der Waals surface area contributed by atoms with Crippen molar-refractivity contribution in [1.29, 1.82) is 0 Å². The van der Waals surface area contributed by atoms with Gasteiger partial charge in [0.15, 0.2) is 0 Å². The molecule has 2 amide bonds. The van der Waals surface area contributed by atoms with Gasteiger partial charge in [0.2, 0.25) is 15.9 Å². The fraction of sp³-hybridized carbons (Fsp3) is 0.421. The fourth-order valence-electron chi connectivity index (χ4n) is 3.33. The van der Waals surface area contributed by atoms with Crippen LogP contribution in [0.1, 0.15) is 23.2 Å². The van der Waals surface area contributed by atoms with Gasteiger partial charge < -0.3 is 9.80 Å². The first-order valence-electron chi connectivity index (χ1n) is 9.20. The van der Waals surface area contributed by atoms with Gasteiger partial charge in [-0.25, -0.2) is 13.1 Å². The van der Waals surface area contributed by atoms with Gasteiger partial charge in [-0.1, -0.05) is 12.1 Å².